The van der Waals surface area contributed by atoms with E-state index in [2.05, 4.69) is 10.8 Å². The summed E-state index contributed by atoms with van der Waals surface area (Å²) in [6.45, 7) is 0. The second kappa shape index (κ2) is 5.38. The second-order valence-corrected chi connectivity index (χ2v) is 5.20. The van der Waals surface area contributed by atoms with Crippen LogP contribution in [0.1, 0.15) is 34.6 Å². The normalized spacial score (nSPS) is 16.4. The van der Waals surface area contributed by atoms with Gasteiger partial charge in [0.15, 0.2) is 0 Å². The highest BCUT2D eigenvalue weighted by Gasteiger charge is 2.32. The third-order valence-electron chi connectivity index (χ3n) is 3.83. The van der Waals surface area contributed by atoms with Crippen molar-refractivity contribution in [1.82, 2.24) is 0 Å². The number of halogens is 3. The maximum absolute atomic E-state index is 12.4. The van der Waals surface area contributed by atoms with E-state index in [9.17, 15) is 13.2 Å². The van der Waals surface area contributed by atoms with Gasteiger partial charge in [-0.25, -0.2) is 0 Å². The van der Waals surface area contributed by atoms with Crippen LogP contribution in [-0.4, -0.2) is 6.36 Å². The van der Waals surface area contributed by atoms with Crippen LogP contribution >= 0.6 is 0 Å². The Morgan fingerprint density at radius 2 is 1.82 bits per heavy atom. The Morgan fingerprint density at radius 1 is 1.09 bits per heavy atom. The van der Waals surface area contributed by atoms with E-state index in [0.717, 1.165) is 22.3 Å². The van der Waals surface area contributed by atoms with Crippen molar-refractivity contribution in [3.8, 4) is 11.8 Å². The molecule has 0 aliphatic heterocycles. The number of alkyl halides is 3. The van der Waals surface area contributed by atoms with E-state index in [1.165, 1.54) is 12.1 Å². The number of hydrogen-bond acceptors (Lipinski definition) is 2. The van der Waals surface area contributed by atoms with Crippen molar-refractivity contribution in [2.24, 2.45) is 0 Å². The molecule has 0 saturated carbocycles. The summed E-state index contributed by atoms with van der Waals surface area (Å²) in [6, 6.07) is 14.2. The van der Waals surface area contributed by atoms with Gasteiger partial charge in [-0.05, 0) is 40.8 Å². The van der Waals surface area contributed by atoms with E-state index in [4.69, 9.17) is 5.26 Å². The van der Waals surface area contributed by atoms with Crippen LogP contribution in [0.15, 0.2) is 42.5 Å². The number of ether oxygens (including phenoxy) is 1. The largest absolute Gasteiger partial charge is 0.573 e. The number of benzene rings is 2. The van der Waals surface area contributed by atoms with Crippen molar-refractivity contribution in [2.75, 3.05) is 0 Å². The second-order valence-electron chi connectivity index (χ2n) is 5.20. The first-order valence-electron chi connectivity index (χ1n) is 6.81. The predicted molar refractivity (Wildman–Crippen MR) is 74.4 cm³/mol. The van der Waals surface area contributed by atoms with Crippen molar-refractivity contribution >= 4 is 0 Å². The molecule has 0 saturated heterocycles. The molecule has 1 aliphatic rings. The average Bonchev–Trinajstić information content (AvgIpc) is 2.46. The molecule has 0 unspecified atom stereocenters. The van der Waals surface area contributed by atoms with E-state index in [0.29, 0.717) is 6.42 Å². The first-order valence-corrected chi connectivity index (χ1v) is 6.81. The molecule has 1 aliphatic carbocycles. The minimum absolute atomic E-state index is 0.221. The Morgan fingerprint density at radius 3 is 2.55 bits per heavy atom. The van der Waals surface area contributed by atoms with Crippen molar-refractivity contribution in [3.63, 3.8) is 0 Å². The van der Waals surface area contributed by atoms with Gasteiger partial charge < -0.3 is 4.74 Å². The molecule has 1 atom stereocenters. The first kappa shape index (κ1) is 14.5. The maximum atomic E-state index is 12.4. The quantitative estimate of drug-likeness (QED) is 0.816. The van der Waals surface area contributed by atoms with Gasteiger partial charge in [0.1, 0.15) is 5.75 Å². The Balaban J connectivity index is 2.05. The first-order chi connectivity index (χ1) is 10.5. The molecule has 112 valence electrons. The van der Waals surface area contributed by atoms with Gasteiger partial charge in [-0.15, -0.1) is 13.2 Å². The summed E-state index contributed by atoms with van der Waals surface area (Å²) in [7, 11) is 0. The maximum Gasteiger partial charge on any atom is 0.573 e. The molecule has 0 bridgehead atoms. The molecule has 2 nitrogen and oxygen atoms in total. The zero-order valence-electron chi connectivity index (χ0n) is 11.5. The van der Waals surface area contributed by atoms with E-state index in [-0.39, 0.29) is 18.1 Å². The topological polar surface area (TPSA) is 33.0 Å². The van der Waals surface area contributed by atoms with E-state index in [1.54, 1.807) is 6.07 Å². The third-order valence-corrected chi connectivity index (χ3v) is 3.83. The zero-order valence-corrected chi connectivity index (χ0v) is 11.5. The van der Waals surface area contributed by atoms with Crippen molar-refractivity contribution in [2.45, 2.75) is 25.1 Å². The van der Waals surface area contributed by atoms with Crippen LogP contribution in [0.3, 0.4) is 0 Å². The molecule has 0 aromatic heterocycles. The molecule has 0 fully saturated rings. The summed E-state index contributed by atoms with van der Waals surface area (Å²) < 4.78 is 41.1. The van der Waals surface area contributed by atoms with Gasteiger partial charge in [-0.3, -0.25) is 0 Å². The molecule has 3 rings (SSSR count). The zero-order chi connectivity index (χ0) is 15.7. The third kappa shape index (κ3) is 2.77. The molecular weight excluding hydrogens is 291 g/mol. The highest BCUT2D eigenvalue weighted by Crippen LogP contribution is 2.40. The van der Waals surface area contributed by atoms with E-state index in [1.807, 2.05) is 24.3 Å². The number of fused-ring (bicyclic) bond motifs is 2. The average molecular weight is 303 g/mol. The van der Waals surface area contributed by atoms with Crippen LogP contribution in [0.2, 0.25) is 0 Å². The summed E-state index contributed by atoms with van der Waals surface area (Å²) in [5.74, 6) is -0.463. The molecule has 0 heterocycles. The molecular formula is C17H12F3NO. The predicted octanol–water partition coefficient (Wildman–Crippen LogP) is 4.53. The van der Waals surface area contributed by atoms with Crippen LogP contribution in [0, 0.1) is 11.3 Å². The lowest BCUT2D eigenvalue weighted by molar-refractivity contribution is -0.274. The SMILES string of the molecule is N#CC[C@@H]1c2ccccc2Cc2ccc(OC(F)(F)F)cc21. The molecule has 0 amide bonds. The van der Waals surface area contributed by atoms with Gasteiger partial charge in [0, 0.05) is 12.3 Å². The summed E-state index contributed by atoms with van der Waals surface area (Å²) in [4.78, 5) is 0. The molecule has 0 N–H and O–H groups in total. The monoisotopic (exact) mass is 303 g/mol. The van der Waals surface area contributed by atoms with E-state index < -0.39 is 6.36 Å². The van der Waals surface area contributed by atoms with Crippen molar-refractivity contribution in [3.05, 3.63) is 64.7 Å². The van der Waals surface area contributed by atoms with Gasteiger partial charge >= 0.3 is 6.36 Å². The van der Waals surface area contributed by atoms with Gasteiger partial charge in [-0.1, -0.05) is 30.3 Å². The molecule has 2 aromatic rings. The number of hydrogen-bond donors (Lipinski definition) is 0. The Bertz CT molecular complexity index is 746. The van der Waals surface area contributed by atoms with Crippen molar-refractivity contribution in [1.29, 1.82) is 5.26 Å². The van der Waals surface area contributed by atoms with Gasteiger partial charge in [-0.2, -0.15) is 5.26 Å². The highest BCUT2D eigenvalue weighted by atomic mass is 19.4. The molecule has 0 radical (unpaired) electrons. The number of nitriles is 1. The fraction of sp³-hybridized carbons (Fsp3) is 0.235. The molecule has 0 spiro atoms. The summed E-state index contributed by atoms with van der Waals surface area (Å²) in [6.07, 6.45) is -3.84. The van der Waals surface area contributed by atoms with Crippen LogP contribution in [0.5, 0.6) is 5.75 Å². The van der Waals surface area contributed by atoms with Gasteiger partial charge in [0.2, 0.25) is 0 Å². The molecule has 5 heteroatoms. The Hall–Kier alpha value is -2.48. The van der Waals surface area contributed by atoms with Crippen LogP contribution < -0.4 is 4.74 Å². The highest BCUT2D eigenvalue weighted by molar-refractivity contribution is 5.51. The fourth-order valence-corrected chi connectivity index (χ4v) is 2.97. The standard InChI is InChI=1S/C17H12F3NO/c18-17(19,20)22-13-6-5-12-9-11-3-1-2-4-14(11)15(7-8-21)16(12)10-13/h1-6,10,15H,7,9H2/t15-/m1/s1. The lowest BCUT2D eigenvalue weighted by atomic mass is 9.77. The van der Waals surface area contributed by atoms with Gasteiger partial charge in [0.25, 0.3) is 0 Å². The number of nitrogens with zero attached hydrogens (tertiary/aromatic N) is 1. The Labute approximate surface area is 125 Å². The minimum atomic E-state index is -4.72. The van der Waals surface area contributed by atoms with E-state index >= 15 is 0 Å². The van der Waals surface area contributed by atoms with Crippen LogP contribution in [0.4, 0.5) is 13.2 Å². The van der Waals surface area contributed by atoms with Crippen molar-refractivity contribution < 1.29 is 17.9 Å². The summed E-state index contributed by atoms with van der Waals surface area (Å²) in [5, 5.41) is 9.06. The van der Waals surface area contributed by atoms with Gasteiger partial charge in [0.05, 0.1) is 6.07 Å². The Kier molecular flexibility index (Phi) is 3.53. The fourth-order valence-electron chi connectivity index (χ4n) is 2.97. The lowest BCUT2D eigenvalue weighted by Crippen LogP contribution is -2.18. The van der Waals surface area contributed by atoms with Crippen LogP contribution in [0.25, 0.3) is 0 Å². The molecule has 2 aromatic carbocycles. The minimum Gasteiger partial charge on any atom is -0.406 e. The summed E-state index contributed by atoms with van der Waals surface area (Å²) in [5.41, 5.74) is 3.79. The number of rotatable bonds is 2. The smallest absolute Gasteiger partial charge is 0.406 e. The summed E-state index contributed by atoms with van der Waals surface area (Å²) >= 11 is 0. The lowest BCUT2D eigenvalue weighted by Gasteiger charge is -2.27. The van der Waals surface area contributed by atoms with Crippen LogP contribution in [-0.2, 0) is 6.42 Å². The molecule has 22 heavy (non-hydrogen) atoms.